The maximum atomic E-state index is 13.0. The van der Waals surface area contributed by atoms with E-state index in [9.17, 15) is 18.4 Å². The van der Waals surface area contributed by atoms with E-state index in [0.717, 1.165) is 12.1 Å². The van der Waals surface area contributed by atoms with E-state index in [1.54, 1.807) is 0 Å². The number of halogens is 2. The van der Waals surface area contributed by atoms with Crippen LogP contribution in [-0.2, 0) is 4.79 Å². The van der Waals surface area contributed by atoms with E-state index in [1.807, 2.05) is 0 Å². The lowest BCUT2D eigenvalue weighted by atomic mass is 10.2. The van der Waals surface area contributed by atoms with Crippen molar-refractivity contribution in [3.8, 4) is 0 Å². The molecule has 0 atom stereocenters. The minimum atomic E-state index is -1.07. The first kappa shape index (κ1) is 12.5. The lowest BCUT2D eigenvalue weighted by molar-refractivity contribution is -0.121. The summed E-state index contributed by atoms with van der Waals surface area (Å²) in [5.74, 6) is -2.78. The molecule has 1 heterocycles. The van der Waals surface area contributed by atoms with E-state index in [0.29, 0.717) is 19.5 Å². The van der Waals surface area contributed by atoms with E-state index in [1.165, 1.54) is 11.0 Å². The van der Waals surface area contributed by atoms with Crippen molar-refractivity contribution in [1.29, 1.82) is 0 Å². The molecule has 1 fully saturated rings. The Bertz CT molecular complexity index is 491. The Morgan fingerprint density at radius 2 is 2.06 bits per heavy atom. The van der Waals surface area contributed by atoms with Gasteiger partial charge in [-0.2, -0.15) is 0 Å². The summed E-state index contributed by atoms with van der Waals surface area (Å²) in [6.07, 6.45) is 0.640. The Morgan fingerprint density at radius 3 is 2.78 bits per heavy atom. The number of hydrogen-bond acceptors (Lipinski definition) is 2. The molecule has 1 saturated heterocycles. The second kappa shape index (κ2) is 5.12. The van der Waals surface area contributed by atoms with Gasteiger partial charge in [0.1, 0.15) is 0 Å². The number of hydrogen-bond donors (Lipinski definition) is 1. The molecule has 0 radical (unpaired) electrons. The van der Waals surface area contributed by atoms with Gasteiger partial charge in [0.2, 0.25) is 5.91 Å². The van der Waals surface area contributed by atoms with Gasteiger partial charge in [0.25, 0.3) is 5.91 Å². The van der Waals surface area contributed by atoms with Crippen LogP contribution >= 0.6 is 0 Å². The lowest BCUT2D eigenvalue weighted by Crippen LogP contribution is -2.37. The monoisotopic (exact) mass is 254 g/mol. The number of carbonyl (C=O) groups is 2. The molecule has 1 aromatic rings. The number of nitrogens with one attached hydrogen (secondary N) is 1. The minimum absolute atomic E-state index is 0.0450. The van der Waals surface area contributed by atoms with Gasteiger partial charge >= 0.3 is 0 Å². The summed E-state index contributed by atoms with van der Waals surface area (Å²) in [5, 5.41) is 2.63. The first-order chi connectivity index (χ1) is 8.58. The first-order valence-electron chi connectivity index (χ1n) is 5.59. The molecule has 0 aromatic heterocycles. The van der Waals surface area contributed by atoms with Crippen molar-refractivity contribution in [2.24, 2.45) is 0 Å². The molecule has 1 aliphatic rings. The highest BCUT2D eigenvalue weighted by atomic mass is 19.2. The summed E-state index contributed by atoms with van der Waals surface area (Å²) in [5.41, 5.74) is 0.0450. The molecule has 1 aromatic carbocycles. The summed E-state index contributed by atoms with van der Waals surface area (Å²) in [7, 11) is 0. The Balaban J connectivity index is 2.19. The highest BCUT2D eigenvalue weighted by Gasteiger charge is 2.21. The molecule has 96 valence electrons. The van der Waals surface area contributed by atoms with Crippen molar-refractivity contribution >= 4 is 11.8 Å². The molecule has 0 aliphatic carbocycles. The predicted octanol–water partition coefficient (Wildman–Crippen LogP) is 0.927. The van der Waals surface area contributed by atoms with Gasteiger partial charge in [0, 0.05) is 18.7 Å². The molecule has 0 saturated carbocycles. The van der Waals surface area contributed by atoms with Gasteiger partial charge in [0.15, 0.2) is 11.6 Å². The predicted molar refractivity (Wildman–Crippen MR) is 59.9 cm³/mol. The quantitative estimate of drug-likeness (QED) is 0.810. The molecule has 2 amide bonds. The molecule has 2 rings (SSSR count). The van der Waals surface area contributed by atoms with Crippen LogP contribution in [0.2, 0.25) is 0 Å². The zero-order valence-corrected chi connectivity index (χ0v) is 9.58. The van der Waals surface area contributed by atoms with Gasteiger partial charge in [0.05, 0.1) is 6.54 Å². The van der Waals surface area contributed by atoms with Gasteiger partial charge in [-0.15, -0.1) is 0 Å². The van der Waals surface area contributed by atoms with E-state index < -0.39 is 17.5 Å². The minimum Gasteiger partial charge on any atom is -0.354 e. The van der Waals surface area contributed by atoms with Crippen LogP contribution in [0.1, 0.15) is 16.8 Å². The maximum absolute atomic E-state index is 13.0. The molecule has 4 nitrogen and oxygen atoms in total. The fraction of sp³-hybridized carbons (Fsp3) is 0.333. The van der Waals surface area contributed by atoms with Crippen LogP contribution in [0.3, 0.4) is 0 Å². The largest absolute Gasteiger partial charge is 0.354 e. The average Bonchev–Trinajstić information content (AvgIpc) is 2.56. The van der Waals surface area contributed by atoms with Gasteiger partial charge in [-0.05, 0) is 24.6 Å². The van der Waals surface area contributed by atoms with Crippen molar-refractivity contribution in [2.45, 2.75) is 6.42 Å². The zero-order chi connectivity index (χ0) is 13.1. The van der Waals surface area contributed by atoms with Gasteiger partial charge in [-0.25, -0.2) is 8.78 Å². The van der Waals surface area contributed by atoms with Crippen LogP contribution in [0.4, 0.5) is 8.78 Å². The zero-order valence-electron chi connectivity index (χ0n) is 9.58. The van der Waals surface area contributed by atoms with Crippen LogP contribution in [0.15, 0.2) is 18.2 Å². The van der Waals surface area contributed by atoms with Crippen molar-refractivity contribution in [2.75, 3.05) is 19.6 Å². The fourth-order valence-corrected chi connectivity index (χ4v) is 1.79. The molecule has 0 bridgehead atoms. The summed E-state index contributed by atoms with van der Waals surface area (Å²) in [6, 6.07) is 2.96. The summed E-state index contributed by atoms with van der Waals surface area (Å²) < 4.78 is 25.8. The third kappa shape index (κ3) is 2.64. The number of rotatable bonds is 1. The Morgan fingerprint density at radius 1 is 1.28 bits per heavy atom. The van der Waals surface area contributed by atoms with Crippen LogP contribution in [0, 0.1) is 11.6 Å². The maximum Gasteiger partial charge on any atom is 0.254 e. The lowest BCUT2D eigenvalue weighted by Gasteiger charge is -2.18. The molecule has 0 spiro atoms. The van der Waals surface area contributed by atoms with E-state index in [4.69, 9.17) is 0 Å². The van der Waals surface area contributed by atoms with Crippen LogP contribution < -0.4 is 5.32 Å². The van der Waals surface area contributed by atoms with Crippen LogP contribution in [0.5, 0.6) is 0 Å². The molecular formula is C12H12F2N2O2. The number of nitrogens with zero attached hydrogens (tertiary/aromatic N) is 1. The third-order valence-corrected chi connectivity index (χ3v) is 2.72. The molecule has 1 N–H and O–H groups in total. The van der Waals surface area contributed by atoms with Crippen molar-refractivity contribution < 1.29 is 18.4 Å². The summed E-state index contributed by atoms with van der Waals surface area (Å²) in [4.78, 5) is 24.7. The highest BCUT2D eigenvalue weighted by molar-refractivity contribution is 5.96. The standard InChI is InChI=1S/C12H12F2N2O2/c13-9-3-2-8(6-10(9)14)12(18)16-5-1-4-15-11(17)7-16/h2-3,6H,1,4-5,7H2,(H,15,17). The highest BCUT2D eigenvalue weighted by Crippen LogP contribution is 2.12. The summed E-state index contributed by atoms with van der Waals surface area (Å²) in [6.45, 7) is 0.870. The van der Waals surface area contributed by atoms with E-state index in [-0.39, 0.29) is 18.0 Å². The number of carbonyl (C=O) groups excluding carboxylic acids is 2. The van der Waals surface area contributed by atoms with Crippen molar-refractivity contribution in [1.82, 2.24) is 10.2 Å². The number of amides is 2. The topological polar surface area (TPSA) is 49.4 Å². The number of benzene rings is 1. The first-order valence-corrected chi connectivity index (χ1v) is 5.59. The van der Waals surface area contributed by atoms with Crippen molar-refractivity contribution in [3.05, 3.63) is 35.4 Å². The third-order valence-electron chi connectivity index (χ3n) is 2.72. The smallest absolute Gasteiger partial charge is 0.254 e. The Kier molecular flexibility index (Phi) is 3.55. The van der Waals surface area contributed by atoms with Crippen LogP contribution in [-0.4, -0.2) is 36.3 Å². The van der Waals surface area contributed by atoms with E-state index >= 15 is 0 Å². The molecule has 6 heteroatoms. The van der Waals surface area contributed by atoms with Gasteiger partial charge < -0.3 is 10.2 Å². The van der Waals surface area contributed by atoms with Crippen molar-refractivity contribution in [3.63, 3.8) is 0 Å². The molecule has 1 aliphatic heterocycles. The fourth-order valence-electron chi connectivity index (χ4n) is 1.79. The average molecular weight is 254 g/mol. The van der Waals surface area contributed by atoms with Gasteiger partial charge in [-0.1, -0.05) is 0 Å². The van der Waals surface area contributed by atoms with Crippen LogP contribution in [0.25, 0.3) is 0 Å². The Labute approximate surface area is 103 Å². The normalized spacial score (nSPS) is 16.1. The summed E-state index contributed by atoms with van der Waals surface area (Å²) >= 11 is 0. The molecule has 18 heavy (non-hydrogen) atoms. The molecular weight excluding hydrogens is 242 g/mol. The second-order valence-electron chi connectivity index (χ2n) is 4.06. The SMILES string of the molecule is O=C1CN(C(=O)c2ccc(F)c(F)c2)CCCN1. The van der Waals surface area contributed by atoms with E-state index in [2.05, 4.69) is 5.32 Å². The molecule has 0 unspecified atom stereocenters. The Hall–Kier alpha value is -1.98. The second-order valence-corrected chi connectivity index (χ2v) is 4.06. The van der Waals surface area contributed by atoms with Gasteiger partial charge in [-0.3, -0.25) is 9.59 Å².